The number of fused-ring (bicyclic) bond motifs is 1. The molecule has 0 aromatic carbocycles. The van der Waals surface area contributed by atoms with Gasteiger partial charge in [0.25, 0.3) is 0 Å². The molecule has 11 heteroatoms. The first-order valence-corrected chi connectivity index (χ1v) is 6.79. The van der Waals surface area contributed by atoms with Gasteiger partial charge in [0, 0.05) is 13.5 Å². The van der Waals surface area contributed by atoms with Crippen LogP contribution in [0.1, 0.15) is 12.6 Å². The molecule has 23 heavy (non-hydrogen) atoms. The molecule has 11 nitrogen and oxygen atoms in total. The zero-order valence-corrected chi connectivity index (χ0v) is 12.8. The van der Waals surface area contributed by atoms with E-state index in [-0.39, 0.29) is 36.0 Å². The number of imidazole rings is 1. The molecular weight excluding hydrogens is 308 g/mol. The van der Waals surface area contributed by atoms with Crippen LogP contribution in [0, 0.1) is 0 Å². The molecular formula is C12H20N6O5. The van der Waals surface area contributed by atoms with E-state index in [1.807, 2.05) is 0 Å². The Morgan fingerprint density at radius 2 is 2.00 bits per heavy atom. The standard InChI is InChI=1S/C12H20N6O5/c1-21-6(3-4-23-22-2)8(19)11(20)18-10-7(17-12(18)14)9(13)15-5-16-10/h5-6,8,11,19-20H,3-4H2,1-2H3,(H2,14,17)(H2,13,15,16). The van der Waals surface area contributed by atoms with E-state index in [0.29, 0.717) is 0 Å². The van der Waals surface area contributed by atoms with Crippen molar-refractivity contribution in [3.63, 3.8) is 0 Å². The number of aromatic nitrogens is 4. The van der Waals surface area contributed by atoms with Gasteiger partial charge in [-0.3, -0.25) is 4.57 Å². The Morgan fingerprint density at radius 1 is 1.26 bits per heavy atom. The highest BCUT2D eigenvalue weighted by atomic mass is 17.2. The van der Waals surface area contributed by atoms with Gasteiger partial charge in [0.15, 0.2) is 23.2 Å². The van der Waals surface area contributed by atoms with Crippen molar-refractivity contribution in [3.8, 4) is 0 Å². The molecule has 2 rings (SSSR count). The van der Waals surface area contributed by atoms with Crippen molar-refractivity contribution in [1.29, 1.82) is 0 Å². The molecule has 128 valence electrons. The van der Waals surface area contributed by atoms with Crippen molar-refractivity contribution in [2.45, 2.75) is 24.9 Å². The maximum Gasteiger partial charge on any atom is 0.204 e. The predicted molar refractivity (Wildman–Crippen MR) is 79.8 cm³/mol. The average molecular weight is 328 g/mol. The zero-order chi connectivity index (χ0) is 17.0. The average Bonchev–Trinajstić information content (AvgIpc) is 2.88. The first-order valence-electron chi connectivity index (χ1n) is 6.79. The number of hydrogen-bond acceptors (Lipinski definition) is 10. The maximum atomic E-state index is 10.4. The number of nitrogens with zero attached hydrogens (tertiary/aromatic N) is 4. The smallest absolute Gasteiger partial charge is 0.204 e. The lowest BCUT2D eigenvalue weighted by Crippen LogP contribution is -2.37. The highest BCUT2D eigenvalue weighted by molar-refractivity contribution is 5.83. The molecule has 2 aromatic heterocycles. The van der Waals surface area contributed by atoms with E-state index in [9.17, 15) is 10.2 Å². The lowest BCUT2D eigenvalue weighted by Gasteiger charge is -2.26. The van der Waals surface area contributed by atoms with Gasteiger partial charge in [0.05, 0.1) is 19.8 Å². The van der Waals surface area contributed by atoms with Crippen molar-refractivity contribution in [2.24, 2.45) is 0 Å². The summed E-state index contributed by atoms with van der Waals surface area (Å²) < 4.78 is 6.34. The van der Waals surface area contributed by atoms with E-state index in [1.54, 1.807) is 0 Å². The van der Waals surface area contributed by atoms with Gasteiger partial charge in [0.1, 0.15) is 12.4 Å². The van der Waals surface area contributed by atoms with E-state index in [0.717, 1.165) is 0 Å². The molecule has 2 aromatic rings. The van der Waals surface area contributed by atoms with Gasteiger partial charge in [0.2, 0.25) is 5.95 Å². The Balaban J connectivity index is 2.26. The highest BCUT2D eigenvalue weighted by Gasteiger charge is 2.30. The maximum absolute atomic E-state index is 10.4. The summed E-state index contributed by atoms with van der Waals surface area (Å²) in [6.45, 7) is 0.175. The van der Waals surface area contributed by atoms with Crippen LogP contribution >= 0.6 is 0 Å². The van der Waals surface area contributed by atoms with Crippen molar-refractivity contribution in [3.05, 3.63) is 6.33 Å². The molecule has 2 heterocycles. The number of nitrogen functional groups attached to an aromatic ring is 2. The van der Waals surface area contributed by atoms with E-state index in [1.165, 1.54) is 25.1 Å². The highest BCUT2D eigenvalue weighted by Crippen LogP contribution is 2.26. The number of anilines is 2. The number of rotatable bonds is 8. The van der Waals surface area contributed by atoms with E-state index in [2.05, 4.69) is 19.8 Å². The number of methoxy groups -OCH3 is 1. The molecule has 0 saturated heterocycles. The zero-order valence-electron chi connectivity index (χ0n) is 12.8. The van der Waals surface area contributed by atoms with Crippen molar-refractivity contribution in [1.82, 2.24) is 19.5 Å². The summed E-state index contributed by atoms with van der Waals surface area (Å²) in [4.78, 5) is 21.0. The van der Waals surface area contributed by atoms with Crippen LogP contribution < -0.4 is 11.5 Å². The Hall–Kier alpha value is -2.05. The molecule has 0 aliphatic heterocycles. The van der Waals surface area contributed by atoms with Gasteiger partial charge < -0.3 is 26.4 Å². The molecule has 0 fully saturated rings. The van der Waals surface area contributed by atoms with Crippen LogP contribution in [0.5, 0.6) is 0 Å². The van der Waals surface area contributed by atoms with Crippen LogP contribution in [0.2, 0.25) is 0 Å². The lowest BCUT2D eigenvalue weighted by molar-refractivity contribution is -0.277. The Bertz CT molecular complexity index is 650. The minimum Gasteiger partial charge on any atom is -0.386 e. The van der Waals surface area contributed by atoms with Gasteiger partial charge in [-0.05, 0) is 0 Å². The second-order valence-electron chi connectivity index (χ2n) is 4.73. The first kappa shape index (κ1) is 17.3. The first-order chi connectivity index (χ1) is 11.0. The third-order valence-corrected chi connectivity index (χ3v) is 3.39. The van der Waals surface area contributed by atoms with Crippen LogP contribution in [0.25, 0.3) is 11.2 Å². The molecule has 0 amide bonds. The van der Waals surface area contributed by atoms with Crippen molar-refractivity contribution >= 4 is 22.9 Å². The fourth-order valence-electron chi connectivity index (χ4n) is 2.22. The second-order valence-corrected chi connectivity index (χ2v) is 4.73. The minimum absolute atomic E-state index is 0.0539. The normalized spacial score (nSPS) is 15.7. The molecule has 0 bridgehead atoms. The summed E-state index contributed by atoms with van der Waals surface area (Å²) in [5, 5.41) is 20.8. The lowest BCUT2D eigenvalue weighted by atomic mass is 10.1. The number of aliphatic hydroxyl groups excluding tert-OH is 2. The minimum atomic E-state index is -1.44. The summed E-state index contributed by atoms with van der Waals surface area (Å²) in [5.74, 6) is 0.0701. The number of hydrogen-bond donors (Lipinski definition) is 4. The summed E-state index contributed by atoms with van der Waals surface area (Å²) in [7, 11) is 2.78. The van der Waals surface area contributed by atoms with Crippen LogP contribution in [0.4, 0.5) is 11.8 Å². The Kier molecular flexibility index (Phi) is 5.63. The molecule has 0 saturated carbocycles. The van der Waals surface area contributed by atoms with E-state index >= 15 is 0 Å². The second kappa shape index (κ2) is 7.48. The van der Waals surface area contributed by atoms with Crippen molar-refractivity contribution < 1.29 is 24.7 Å². The Labute approximate surface area is 131 Å². The third kappa shape index (κ3) is 3.48. The van der Waals surface area contributed by atoms with E-state index in [4.69, 9.17) is 21.1 Å². The number of aliphatic hydroxyl groups is 2. The van der Waals surface area contributed by atoms with Gasteiger partial charge in [-0.2, -0.15) is 0 Å². The third-order valence-electron chi connectivity index (χ3n) is 3.39. The largest absolute Gasteiger partial charge is 0.386 e. The molecule has 0 aliphatic carbocycles. The van der Waals surface area contributed by atoms with Gasteiger partial charge >= 0.3 is 0 Å². The monoisotopic (exact) mass is 328 g/mol. The quantitative estimate of drug-likeness (QED) is 0.263. The van der Waals surface area contributed by atoms with Crippen LogP contribution in [0.3, 0.4) is 0 Å². The molecule has 0 spiro atoms. The molecule has 0 radical (unpaired) electrons. The fourth-order valence-corrected chi connectivity index (χ4v) is 2.22. The predicted octanol–water partition coefficient (Wildman–Crippen LogP) is -1.17. The topological polar surface area (TPSA) is 164 Å². The number of ether oxygens (including phenoxy) is 1. The van der Waals surface area contributed by atoms with Crippen LogP contribution in [-0.2, 0) is 14.5 Å². The SMILES string of the molecule is COOCCC(OC)C(O)C(O)n1c(N)nc2c(N)ncnc21. The van der Waals surface area contributed by atoms with Gasteiger partial charge in [-0.25, -0.2) is 24.7 Å². The summed E-state index contributed by atoms with van der Waals surface area (Å²) in [6, 6.07) is 0. The van der Waals surface area contributed by atoms with Crippen LogP contribution in [-0.4, -0.2) is 62.8 Å². The fraction of sp³-hybridized carbons (Fsp3) is 0.583. The Morgan fingerprint density at radius 3 is 2.65 bits per heavy atom. The molecule has 3 atom stereocenters. The number of nitrogens with two attached hydrogens (primary N) is 2. The summed E-state index contributed by atoms with van der Waals surface area (Å²) in [5.41, 5.74) is 12.0. The molecule has 0 aliphatic rings. The summed E-state index contributed by atoms with van der Waals surface area (Å²) >= 11 is 0. The van der Waals surface area contributed by atoms with Gasteiger partial charge in [-0.15, -0.1) is 0 Å². The molecule has 6 N–H and O–H groups in total. The van der Waals surface area contributed by atoms with Crippen LogP contribution in [0.15, 0.2) is 6.33 Å². The van der Waals surface area contributed by atoms with Gasteiger partial charge in [-0.1, -0.05) is 0 Å². The molecule has 3 unspecified atom stereocenters. The summed E-state index contributed by atoms with van der Waals surface area (Å²) in [6.07, 6.45) is -1.98. The van der Waals surface area contributed by atoms with Crippen molar-refractivity contribution in [2.75, 3.05) is 32.3 Å². The van der Waals surface area contributed by atoms with E-state index < -0.39 is 18.4 Å².